The number of carbonyl (C=O) groups is 1. The first-order chi connectivity index (χ1) is 15.2. The van der Waals surface area contributed by atoms with Crippen molar-refractivity contribution in [3.63, 3.8) is 0 Å². The Labute approximate surface area is 186 Å². The molecule has 4 aromatic rings. The summed E-state index contributed by atoms with van der Waals surface area (Å²) in [4.78, 5) is 17.6. The summed E-state index contributed by atoms with van der Waals surface area (Å²) in [6.45, 7) is 0.579. The van der Waals surface area contributed by atoms with E-state index in [9.17, 15) is 4.79 Å². The van der Waals surface area contributed by atoms with Crippen LogP contribution in [-0.4, -0.2) is 16.8 Å². The maximum atomic E-state index is 13.3. The zero-order valence-electron chi connectivity index (χ0n) is 17.2. The minimum absolute atomic E-state index is 0.170. The van der Waals surface area contributed by atoms with Gasteiger partial charge in [0.15, 0.2) is 5.78 Å². The van der Waals surface area contributed by atoms with Gasteiger partial charge in [-0.3, -0.25) is 4.79 Å². The second-order valence-electron chi connectivity index (χ2n) is 7.57. The molecule has 156 valence electrons. The van der Waals surface area contributed by atoms with Crippen molar-refractivity contribution >= 4 is 22.8 Å². The molecule has 4 nitrogen and oxygen atoms in total. The Balaban J connectivity index is 1.50. The van der Waals surface area contributed by atoms with Gasteiger partial charge in [0.1, 0.15) is 0 Å². The fourth-order valence-corrected chi connectivity index (χ4v) is 4.16. The van der Waals surface area contributed by atoms with Gasteiger partial charge in [-0.05, 0) is 40.8 Å². The van der Waals surface area contributed by atoms with Crippen LogP contribution in [0.5, 0.6) is 0 Å². The number of hydrogen-bond acceptors (Lipinski definition) is 5. The van der Waals surface area contributed by atoms with E-state index in [1.807, 2.05) is 71.6 Å². The maximum absolute atomic E-state index is 13.3. The van der Waals surface area contributed by atoms with E-state index in [0.717, 1.165) is 33.6 Å². The van der Waals surface area contributed by atoms with E-state index in [2.05, 4.69) is 28.5 Å². The Morgan fingerprint density at radius 1 is 0.935 bits per heavy atom. The van der Waals surface area contributed by atoms with Crippen LogP contribution >= 0.6 is 11.3 Å². The highest BCUT2D eigenvalue weighted by Gasteiger charge is 2.19. The number of rotatable bonds is 9. The average Bonchev–Trinajstić information content (AvgIpc) is 3.31. The lowest BCUT2D eigenvalue weighted by Gasteiger charge is -2.18. The first kappa shape index (κ1) is 21.0. The fraction of sp³-hybridized carbons (Fsp3) is 0.154. The standard InChI is InChI=1S/C26H25N3OS/c27-23-11-5-10-22(15-23)21-9-4-8-20(12-21)14-26(30)25(13-19-6-2-1-3-7-19)28-16-24-17-31-18-29-24/h1-12,15,17-18,25,28H,13-14,16,27H2/t25-/m0/s1. The quantitative estimate of drug-likeness (QED) is 0.373. The second-order valence-corrected chi connectivity index (χ2v) is 8.29. The van der Waals surface area contributed by atoms with Crippen molar-refractivity contribution in [1.29, 1.82) is 0 Å². The van der Waals surface area contributed by atoms with Crippen molar-refractivity contribution in [2.24, 2.45) is 0 Å². The van der Waals surface area contributed by atoms with Crippen LogP contribution in [0.15, 0.2) is 89.8 Å². The average molecular weight is 428 g/mol. The molecule has 0 saturated carbocycles. The molecule has 3 aromatic carbocycles. The summed E-state index contributed by atoms with van der Waals surface area (Å²) < 4.78 is 0. The van der Waals surface area contributed by atoms with Crippen molar-refractivity contribution in [1.82, 2.24) is 10.3 Å². The Kier molecular flexibility index (Phi) is 6.87. The van der Waals surface area contributed by atoms with Crippen LogP contribution in [0.2, 0.25) is 0 Å². The van der Waals surface area contributed by atoms with Crippen LogP contribution < -0.4 is 11.1 Å². The van der Waals surface area contributed by atoms with E-state index in [1.54, 1.807) is 11.3 Å². The van der Waals surface area contributed by atoms with Crippen LogP contribution in [0, 0.1) is 0 Å². The molecule has 1 heterocycles. The molecule has 0 saturated heterocycles. The third kappa shape index (κ3) is 5.87. The Bertz CT molecular complexity index is 1130. The zero-order chi connectivity index (χ0) is 21.5. The minimum atomic E-state index is -0.278. The van der Waals surface area contributed by atoms with Gasteiger partial charge in [-0.15, -0.1) is 11.3 Å². The molecule has 0 radical (unpaired) electrons. The molecule has 0 aliphatic heterocycles. The molecule has 31 heavy (non-hydrogen) atoms. The van der Waals surface area contributed by atoms with Crippen molar-refractivity contribution in [3.05, 3.63) is 107 Å². The number of carbonyl (C=O) groups excluding carboxylic acids is 1. The van der Waals surface area contributed by atoms with Gasteiger partial charge < -0.3 is 11.1 Å². The molecule has 5 heteroatoms. The zero-order valence-corrected chi connectivity index (χ0v) is 18.0. The number of Topliss-reactive ketones (excluding diaryl/α,β-unsaturated/α-hetero) is 1. The molecule has 0 spiro atoms. The maximum Gasteiger partial charge on any atom is 0.154 e. The van der Waals surface area contributed by atoms with E-state index in [1.165, 1.54) is 0 Å². The molecule has 1 aromatic heterocycles. The van der Waals surface area contributed by atoms with E-state index in [0.29, 0.717) is 19.4 Å². The van der Waals surface area contributed by atoms with E-state index >= 15 is 0 Å². The highest BCUT2D eigenvalue weighted by Crippen LogP contribution is 2.23. The van der Waals surface area contributed by atoms with Gasteiger partial charge in [0.05, 0.1) is 17.2 Å². The summed E-state index contributed by atoms with van der Waals surface area (Å²) in [6, 6.07) is 25.8. The Morgan fingerprint density at radius 2 is 1.68 bits per heavy atom. The van der Waals surface area contributed by atoms with Gasteiger partial charge in [0, 0.05) is 24.0 Å². The van der Waals surface area contributed by atoms with Gasteiger partial charge in [0.2, 0.25) is 0 Å². The van der Waals surface area contributed by atoms with Crippen molar-refractivity contribution in [3.8, 4) is 11.1 Å². The van der Waals surface area contributed by atoms with Gasteiger partial charge in [-0.25, -0.2) is 4.98 Å². The number of nitrogens with zero attached hydrogens (tertiary/aromatic N) is 1. The first-order valence-corrected chi connectivity index (χ1v) is 11.2. The van der Waals surface area contributed by atoms with Gasteiger partial charge >= 0.3 is 0 Å². The van der Waals surface area contributed by atoms with Crippen molar-refractivity contribution < 1.29 is 4.79 Å². The number of nitrogens with two attached hydrogens (primary N) is 1. The molecule has 0 unspecified atom stereocenters. The topological polar surface area (TPSA) is 68.0 Å². The number of nitrogen functional groups attached to an aromatic ring is 1. The van der Waals surface area contributed by atoms with Crippen LogP contribution in [0.25, 0.3) is 11.1 Å². The number of ketones is 1. The largest absolute Gasteiger partial charge is 0.399 e. The molecule has 1 atom stereocenters. The molecular weight excluding hydrogens is 402 g/mol. The third-order valence-electron chi connectivity index (χ3n) is 5.21. The SMILES string of the molecule is Nc1cccc(-c2cccc(CC(=O)[C@H](Cc3ccccc3)NCc3cscn3)c2)c1. The Morgan fingerprint density at radius 3 is 2.42 bits per heavy atom. The van der Waals surface area contributed by atoms with Gasteiger partial charge in [-0.2, -0.15) is 0 Å². The van der Waals surface area contributed by atoms with Crippen molar-refractivity contribution in [2.45, 2.75) is 25.4 Å². The van der Waals surface area contributed by atoms with Crippen LogP contribution in [0.1, 0.15) is 16.8 Å². The molecule has 0 aliphatic carbocycles. The molecular formula is C26H25N3OS. The molecule has 3 N–H and O–H groups in total. The number of hydrogen-bond donors (Lipinski definition) is 2. The fourth-order valence-electron chi connectivity index (χ4n) is 3.61. The summed E-state index contributed by atoms with van der Waals surface area (Å²) >= 11 is 1.56. The highest BCUT2D eigenvalue weighted by molar-refractivity contribution is 7.07. The lowest BCUT2D eigenvalue weighted by molar-refractivity contribution is -0.120. The number of anilines is 1. The lowest BCUT2D eigenvalue weighted by atomic mass is 9.95. The second kappa shape index (κ2) is 10.2. The van der Waals surface area contributed by atoms with Gasteiger partial charge in [-0.1, -0.05) is 66.7 Å². The number of nitrogens with one attached hydrogen (secondary N) is 1. The van der Waals surface area contributed by atoms with Crippen LogP contribution in [-0.2, 0) is 24.2 Å². The van der Waals surface area contributed by atoms with E-state index < -0.39 is 0 Å². The molecule has 0 amide bonds. The smallest absolute Gasteiger partial charge is 0.154 e. The molecule has 0 fully saturated rings. The van der Waals surface area contributed by atoms with E-state index in [-0.39, 0.29) is 11.8 Å². The molecule has 0 aliphatic rings. The molecule has 0 bridgehead atoms. The summed E-state index contributed by atoms with van der Waals surface area (Å²) in [6.07, 6.45) is 1.02. The monoisotopic (exact) mass is 427 g/mol. The number of aromatic nitrogens is 1. The summed E-state index contributed by atoms with van der Waals surface area (Å²) in [5.41, 5.74) is 13.7. The third-order valence-corrected chi connectivity index (χ3v) is 5.84. The molecule has 4 rings (SSSR count). The Hall–Kier alpha value is -3.28. The first-order valence-electron chi connectivity index (χ1n) is 10.3. The predicted octanol–water partition coefficient (Wildman–Crippen LogP) is 4.91. The summed E-state index contributed by atoms with van der Waals surface area (Å²) in [5.74, 6) is 0.170. The predicted molar refractivity (Wildman–Crippen MR) is 128 cm³/mol. The lowest BCUT2D eigenvalue weighted by Crippen LogP contribution is -2.39. The summed E-state index contributed by atoms with van der Waals surface area (Å²) in [7, 11) is 0. The van der Waals surface area contributed by atoms with E-state index in [4.69, 9.17) is 5.73 Å². The van der Waals surface area contributed by atoms with Crippen LogP contribution in [0.3, 0.4) is 0 Å². The van der Waals surface area contributed by atoms with Gasteiger partial charge in [0.25, 0.3) is 0 Å². The highest BCUT2D eigenvalue weighted by atomic mass is 32.1. The normalized spacial score (nSPS) is 11.9. The van der Waals surface area contributed by atoms with Crippen molar-refractivity contribution in [2.75, 3.05) is 5.73 Å². The number of thiazole rings is 1. The number of benzene rings is 3. The minimum Gasteiger partial charge on any atom is -0.399 e. The summed E-state index contributed by atoms with van der Waals surface area (Å²) in [5, 5.41) is 5.43. The van der Waals surface area contributed by atoms with Crippen LogP contribution in [0.4, 0.5) is 5.69 Å².